The molecule has 0 bridgehead atoms. The summed E-state index contributed by atoms with van der Waals surface area (Å²) in [4.78, 5) is 4.36. The second-order valence-electron chi connectivity index (χ2n) is 7.28. The van der Waals surface area contributed by atoms with Gasteiger partial charge in [-0.1, -0.05) is 20.3 Å². The first-order valence-corrected chi connectivity index (χ1v) is 9.29. The van der Waals surface area contributed by atoms with Crippen molar-refractivity contribution in [2.45, 2.75) is 65.0 Å². The Morgan fingerprint density at radius 2 is 2.08 bits per heavy atom. The number of rotatable bonds is 9. The fourth-order valence-corrected chi connectivity index (χ4v) is 3.70. The summed E-state index contributed by atoms with van der Waals surface area (Å²) in [6, 6.07) is 0.510. The molecule has 0 aromatic carbocycles. The van der Waals surface area contributed by atoms with Crippen molar-refractivity contribution in [3.8, 4) is 0 Å². The molecule has 5 nitrogen and oxygen atoms in total. The predicted octanol–water partition coefficient (Wildman–Crippen LogP) is 3.18. The third-order valence-corrected chi connectivity index (χ3v) is 5.18. The molecule has 2 rings (SSSR count). The topological polar surface area (TPSA) is 54.9 Å². The van der Waals surface area contributed by atoms with Crippen LogP contribution in [0, 0.1) is 11.3 Å². The third kappa shape index (κ3) is 5.46. The highest BCUT2D eigenvalue weighted by Crippen LogP contribution is 2.57. The van der Waals surface area contributed by atoms with Crippen LogP contribution < -0.4 is 10.6 Å². The van der Waals surface area contributed by atoms with Crippen LogP contribution in [-0.2, 0) is 9.47 Å². The molecule has 2 aliphatic rings. The van der Waals surface area contributed by atoms with Gasteiger partial charge in [0.05, 0.1) is 6.10 Å². The van der Waals surface area contributed by atoms with Crippen molar-refractivity contribution < 1.29 is 9.47 Å². The van der Waals surface area contributed by atoms with E-state index in [4.69, 9.17) is 9.47 Å². The SMILES string of the molecule is CCOC1CC(NC(=NC)NCCCOCC(C)C)C12CCC2.I. The molecule has 0 aromatic rings. The van der Waals surface area contributed by atoms with E-state index in [1.54, 1.807) is 0 Å². The van der Waals surface area contributed by atoms with Crippen LogP contribution in [0.15, 0.2) is 4.99 Å². The average molecular weight is 453 g/mol. The Labute approximate surface area is 164 Å². The number of aliphatic imine (C=N–C) groups is 1. The summed E-state index contributed by atoms with van der Waals surface area (Å²) in [6.07, 6.45) is 6.46. The zero-order valence-corrected chi connectivity index (χ0v) is 18.1. The molecule has 0 heterocycles. The van der Waals surface area contributed by atoms with E-state index in [0.717, 1.165) is 45.2 Å². The van der Waals surface area contributed by atoms with Crippen molar-refractivity contribution >= 4 is 29.9 Å². The summed E-state index contributed by atoms with van der Waals surface area (Å²) in [5.74, 6) is 1.52. The highest BCUT2D eigenvalue weighted by atomic mass is 127. The maximum Gasteiger partial charge on any atom is 0.191 e. The monoisotopic (exact) mass is 453 g/mol. The van der Waals surface area contributed by atoms with E-state index in [2.05, 4.69) is 36.4 Å². The van der Waals surface area contributed by atoms with E-state index >= 15 is 0 Å². The molecule has 2 aliphatic carbocycles. The van der Waals surface area contributed by atoms with Gasteiger partial charge in [0.15, 0.2) is 5.96 Å². The van der Waals surface area contributed by atoms with Crippen LogP contribution in [0.5, 0.6) is 0 Å². The van der Waals surface area contributed by atoms with Crippen molar-refractivity contribution in [1.29, 1.82) is 0 Å². The fourth-order valence-electron chi connectivity index (χ4n) is 3.70. The van der Waals surface area contributed by atoms with Gasteiger partial charge in [-0.25, -0.2) is 0 Å². The molecule has 2 N–H and O–H groups in total. The number of guanidine groups is 1. The van der Waals surface area contributed by atoms with E-state index < -0.39 is 0 Å². The Hall–Kier alpha value is -0.0800. The number of ether oxygens (including phenoxy) is 2. The average Bonchev–Trinajstić information content (AvgIpc) is 2.45. The Kier molecular flexibility index (Phi) is 9.89. The van der Waals surface area contributed by atoms with Crippen molar-refractivity contribution in [2.24, 2.45) is 16.3 Å². The van der Waals surface area contributed by atoms with Gasteiger partial charge in [0.2, 0.25) is 0 Å². The molecular weight excluding hydrogens is 417 g/mol. The predicted molar refractivity (Wildman–Crippen MR) is 110 cm³/mol. The first-order valence-electron chi connectivity index (χ1n) is 9.29. The number of hydrogen-bond acceptors (Lipinski definition) is 3. The summed E-state index contributed by atoms with van der Waals surface area (Å²) in [6.45, 7) is 9.81. The molecule has 0 aromatic heterocycles. The van der Waals surface area contributed by atoms with Crippen LogP contribution in [0.4, 0.5) is 0 Å². The number of nitrogens with one attached hydrogen (secondary N) is 2. The normalized spacial score (nSPS) is 25.0. The highest BCUT2D eigenvalue weighted by Gasteiger charge is 2.59. The summed E-state index contributed by atoms with van der Waals surface area (Å²) in [7, 11) is 1.84. The van der Waals surface area contributed by atoms with Crippen LogP contribution in [0.3, 0.4) is 0 Å². The van der Waals surface area contributed by atoms with Crippen LogP contribution in [-0.4, -0.2) is 51.5 Å². The van der Waals surface area contributed by atoms with Gasteiger partial charge in [0.1, 0.15) is 0 Å². The number of nitrogens with zero attached hydrogens (tertiary/aromatic N) is 1. The molecule has 1 spiro atoms. The van der Waals surface area contributed by atoms with Gasteiger partial charge >= 0.3 is 0 Å². The maximum absolute atomic E-state index is 5.91. The molecule has 0 saturated heterocycles. The third-order valence-electron chi connectivity index (χ3n) is 5.18. The van der Waals surface area contributed by atoms with Crippen molar-refractivity contribution in [2.75, 3.05) is 33.4 Å². The molecule has 2 unspecified atom stereocenters. The first kappa shape index (κ1) is 22.0. The molecule has 2 atom stereocenters. The lowest BCUT2D eigenvalue weighted by Crippen LogP contribution is -2.68. The molecule has 6 heteroatoms. The van der Waals surface area contributed by atoms with Crippen LogP contribution in [0.1, 0.15) is 52.9 Å². The first-order chi connectivity index (χ1) is 11.1. The van der Waals surface area contributed by atoms with Gasteiger partial charge in [-0.3, -0.25) is 4.99 Å². The Morgan fingerprint density at radius 3 is 2.62 bits per heavy atom. The minimum atomic E-state index is 0. The standard InChI is InChI=1S/C18H35N3O2.HI/c1-5-23-16-12-15(18(16)8-6-9-18)21-17(19-4)20-10-7-11-22-13-14(2)3;/h14-16H,5-13H2,1-4H3,(H2,19,20,21);1H. The Morgan fingerprint density at radius 1 is 1.33 bits per heavy atom. The van der Waals surface area contributed by atoms with Crippen LogP contribution in [0.25, 0.3) is 0 Å². The van der Waals surface area contributed by atoms with E-state index in [9.17, 15) is 0 Å². The lowest BCUT2D eigenvalue weighted by atomic mass is 9.51. The van der Waals surface area contributed by atoms with E-state index in [-0.39, 0.29) is 24.0 Å². The van der Waals surface area contributed by atoms with Gasteiger partial charge in [-0.05, 0) is 38.5 Å². The molecule has 0 aliphatic heterocycles. The van der Waals surface area contributed by atoms with Gasteiger partial charge in [-0.15, -0.1) is 24.0 Å². The molecule has 2 saturated carbocycles. The maximum atomic E-state index is 5.91. The molecule has 0 radical (unpaired) electrons. The summed E-state index contributed by atoms with van der Waals surface area (Å²) >= 11 is 0. The smallest absolute Gasteiger partial charge is 0.191 e. The lowest BCUT2D eigenvalue weighted by molar-refractivity contribution is -0.168. The molecule has 142 valence electrons. The van der Waals surface area contributed by atoms with Crippen molar-refractivity contribution in [3.63, 3.8) is 0 Å². The quantitative estimate of drug-likeness (QED) is 0.244. The van der Waals surface area contributed by atoms with Gasteiger partial charge in [0.25, 0.3) is 0 Å². The van der Waals surface area contributed by atoms with Crippen molar-refractivity contribution in [1.82, 2.24) is 10.6 Å². The Balaban J connectivity index is 0.00000288. The van der Waals surface area contributed by atoms with Crippen LogP contribution in [0.2, 0.25) is 0 Å². The minimum absolute atomic E-state index is 0. The highest BCUT2D eigenvalue weighted by molar-refractivity contribution is 14.0. The molecule has 2 fully saturated rings. The summed E-state index contributed by atoms with van der Waals surface area (Å²) in [5.41, 5.74) is 0.369. The fraction of sp³-hybridized carbons (Fsp3) is 0.944. The molecule has 24 heavy (non-hydrogen) atoms. The number of halogens is 1. The zero-order chi connectivity index (χ0) is 16.7. The van der Waals surface area contributed by atoms with Crippen molar-refractivity contribution in [3.05, 3.63) is 0 Å². The zero-order valence-electron chi connectivity index (χ0n) is 15.8. The summed E-state index contributed by atoms with van der Waals surface area (Å²) < 4.78 is 11.5. The second kappa shape index (κ2) is 10.8. The van der Waals surface area contributed by atoms with Gasteiger partial charge < -0.3 is 20.1 Å². The minimum Gasteiger partial charge on any atom is -0.381 e. The lowest BCUT2D eigenvalue weighted by Gasteiger charge is -2.61. The van der Waals surface area contributed by atoms with E-state index in [1.807, 2.05) is 7.05 Å². The number of hydrogen-bond donors (Lipinski definition) is 2. The second-order valence-corrected chi connectivity index (χ2v) is 7.28. The van der Waals surface area contributed by atoms with Gasteiger partial charge in [0, 0.05) is 44.9 Å². The Bertz CT molecular complexity index is 386. The summed E-state index contributed by atoms with van der Waals surface area (Å²) in [5, 5.41) is 7.02. The molecule has 0 amide bonds. The van der Waals surface area contributed by atoms with E-state index in [0.29, 0.717) is 23.5 Å². The van der Waals surface area contributed by atoms with Crippen LogP contribution >= 0.6 is 24.0 Å². The van der Waals surface area contributed by atoms with E-state index in [1.165, 1.54) is 19.3 Å². The van der Waals surface area contributed by atoms with Gasteiger partial charge in [-0.2, -0.15) is 0 Å². The largest absolute Gasteiger partial charge is 0.381 e. The molecular formula is C18H36IN3O2.